The van der Waals surface area contributed by atoms with Gasteiger partial charge in [0.15, 0.2) is 0 Å². The van der Waals surface area contributed by atoms with Gasteiger partial charge in [-0.25, -0.2) is 0 Å². The smallest absolute Gasteiger partial charge is 0.306 e. The Labute approximate surface area is 267 Å². The topological polar surface area (TPSA) is 55.8 Å². The fourth-order valence-electron chi connectivity index (χ4n) is 5.16. The van der Waals surface area contributed by atoms with E-state index in [4.69, 9.17) is 9.47 Å². The van der Waals surface area contributed by atoms with E-state index in [2.05, 4.69) is 51.7 Å². The maximum absolute atomic E-state index is 11.9. The molecule has 0 saturated heterocycles. The van der Waals surface area contributed by atoms with Gasteiger partial charge >= 0.3 is 11.9 Å². The molecule has 43 heavy (non-hydrogen) atoms. The van der Waals surface area contributed by atoms with Crippen LogP contribution in [0.25, 0.3) is 0 Å². The molecule has 0 rings (SSSR count). The molecule has 0 aliphatic carbocycles. The van der Waals surface area contributed by atoms with Gasteiger partial charge in [0.2, 0.25) is 0 Å². The summed E-state index contributed by atoms with van der Waals surface area (Å²) in [7, 11) is 0. The van der Waals surface area contributed by atoms with Gasteiger partial charge in [-0.05, 0) is 85.2 Å². The Kier molecular flexibility index (Phi) is 29.3. The maximum atomic E-state index is 11.9. The number of ether oxygens (including phenoxy) is 2. The van der Waals surface area contributed by atoms with Crippen molar-refractivity contribution < 1.29 is 19.1 Å². The monoisotopic (exact) mass is 606 g/mol. The molecule has 0 aliphatic heterocycles. The van der Waals surface area contributed by atoms with Crippen LogP contribution in [0.2, 0.25) is 0 Å². The number of allylic oxidation sites excluding steroid dienone is 2. The van der Waals surface area contributed by atoms with Crippen molar-refractivity contribution in [2.45, 2.75) is 181 Å². The molecule has 0 unspecified atom stereocenters. The van der Waals surface area contributed by atoms with E-state index in [-0.39, 0.29) is 17.5 Å². The number of rotatable bonds is 30. The number of esters is 2. The first-order valence-corrected chi connectivity index (χ1v) is 18.2. The van der Waals surface area contributed by atoms with Crippen LogP contribution in [-0.2, 0) is 19.1 Å². The Morgan fingerprint density at radius 2 is 0.884 bits per heavy atom. The summed E-state index contributed by atoms with van der Waals surface area (Å²) >= 11 is 0. The summed E-state index contributed by atoms with van der Waals surface area (Å²) in [5.41, 5.74) is 0.182. The van der Waals surface area contributed by atoms with Crippen LogP contribution in [0.15, 0.2) is 24.3 Å². The zero-order valence-corrected chi connectivity index (χ0v) is 29.3. The highest BCUT2D eigenvalue weighted by molar-refractivity contribution is 5.69. The van der Waals surface area contributed by atoms with E-state index >= 15 is 0 Å². The van der Waals surface area contributed by atoms with Gasteiger partial charge < -0.3 is 9.47 Å². The molecule has 5 heteroatoms. The summed E-state index contributed by atoms with van der Waals surface area (Å²) < 4.78 is 10.6. The number of hydrogen-bond acceptors (Lipinski definition) is 5. The summed E-state index contributed by atoms with van der Waals surface area (Å²) in [6.45, 7) is 14.5. The van der Waals surface area contributed by atoms with Crippen LogP contribution < -0.4 is 0 Å². The molecule has 0 amide bonds. The SMILES string of the molecule is CCCCCC/C=C\COC(=O)CCCCCCCN(CCCCCCCC(=O)OC/C=C\CCCCCC)C(C)(C)C. The zero-order chi connectivity index (χ0) is 31.9. The second-order valence-electron chi connectivity index (χ2n) is 13.2. The Morgan fingerprint density at radius 3 is 1.28 bits per heavy atom. The van der Waals surface area contributed by atoms with Crippen LogP contribution in [0.1, 0.15) is 176 Å². The molecular formula is C38H71NO4. The third kappa shape index (κ3) is 30.2. The lowest BCUT2D eigenvalue weighted by Crippen LogP contribution is -2.42. The van der Waals surface area contributed by atoms with E-state index in [9.17, 15) is 9.59 Å². The molecule has 0 spiro atoms. The first-order valence-electron chi connectivity index (χ1n) is 18.2. The Hall–Kier alpha value is -1.62. The first kappa shape index (κ1) is 41.4. The van der Waals surface area contributed by atoms with Gasteiger partial charge in [0.05, 0.1) is 0 Å². The van der Waals surface area contributed by atoms with Crippen LogP contribution in [0.4, 0.5) is 0 Å². The van der Waals surface area contributed by atoms with Gasteiger partial charge in [0, 0.05) is 18.4 Å². The molecular weight excluding hydrogens is 534 g/mol. The zero-order valence-electron chi connectivity index (χ0n) is 29.3. The Morgan fingerprint density at radius 1 is 0.512 bits per heavy atom. The van der Waals surface area contributed by atoms with Gasteiger partial charge in [-0.15, -0.1) is 0 Å². The van der Waals surface area contributed by atoms with Crippen molar-refractivity contribution in [3.05, 3.63) is 24.3 Å². The van der Waals surface area contributed by atoms with Crippen LogP contribution >= 0.6 is 0 Å². The molecule has 0 heterocycles. The summed E-state index contributed by atoms with van der Waals surface area (Å²) in [5, 5.41) is 0. The van der Waals surface area contributed by atoms with Crippen LogP contribution in [0, 0.1) is 0 Å². The highest BCUT2D eigenvalue weighted by atomic mass is 16.5. The minimum absolute atomic E-state index is 0.0642. The molecule has 0 aromatic rings. The average molecular weight is 606 g/mol. The summed E-state index contributed by atoms with van der Waals surface area (Å²) in [4.78, 5) is 26.5. The highest BCUT2D eigenvalue weighted by Gasteiger charge is 2.20. The molecule has 0 radical (unpaired) electrons. The van der Waals surface area contributed by atoms with Crippen LogP contribution in [0.3, 0.4) is 0 Å². The summed E-state index contributed by atoms with van der Waals surface area (Å²) in [5.74, 6) is -0.128. The molecule has 0 fully saturated rings. The van der Waals surface area contributed by atoms with Crippen molar-refractivity contribution in [1.29, 1.82) is 0 Å². The highest BCUT2D eigenvalue weighted by Crippen LogP contribution is 2.17. The minimum Gasteiger partial charge on any atom is -0.461 e. The predicted octanol–water partition coefficient (Wildman–Crippen LogP) is 10.9. The van der Waals surface area contributed by atoms with Crippen molar-refractivity contribution in [2.24, 2.45) is 0 Å². The minimum atomic E-state index is -0.0642. The van der Waals surface area contributed by atoms with Crippen molar-refractivity contribution in [2.75, 3.05) is 26.3 Å². The largest absolute Gasteiger partial charge is 0.461 e. The van der Waals surface area contributed by atoms with E-state index in [0.29, 0.717) is 26.1 Å². The molecule has 0 saturated carbocycles. The molecule has 0 aromatic heterocycles. The third-order valence-corrected chi connectivity index (χ3v) is 8.03. The summed E-state index contributed by atoms with van der Waals surface area (Å²) in [6, 6.07) is 0. The Bertz CT molecular complexity index is 643. The molecule has 0 aromatic carbocycles. The van der Waals surface area contributed by atoms with E-state index in [1.165, 1.54) is 89.9 Å². The van der Waals surface area contributed by atoms with Crippen molar-refractivity contribution in [1.82, 2.24) is 4.90 Å². The molecule has 5 nitrogen and oxygen atoms in total. The van der Waals surface area contributed by atoms with Gasteiger partial charge in [-0.3, -0.25) is 14.5 Å². The molecule has 0 bridgehead atoms. The van der Waals surface area contributed by atoms with E-state index in [0.717, 1.165) is 51.6 Å². The maximum Gasteiger partial charge on any atom is 0.306 e. The third-order valence-electron chi connectivity index (χ3n) is 8.03. The standard InChI is InChI=1S/C38H71NO4/c1-6-8-10-12-14-22-28-34-42-36(40)30-24-18-16-20-26-32-39(38(3,4)5)33-27-21-17-19-25-31-37(41)43-35-29-23-15-13-11-9-7-2/h22-23,28-29H,6-21,24-27,30-35H2,1-5H3/b28-22-,29-23-. The second kappa shape index (κ2) is 30.4. The Balaban J connectivity index is 3.76. The van der Waals surface area contributed by atoms with Crippen LogP contribution in [-0.4, -0.2) is 48.7 Å². The van der Waals surface area contributed by atoms with Crippen LogP contribution in [0.5, 0.6) is 0 Å². The predicted molar refractivity (Wildman–Crippen MR) is 184 cm³/mol. The van der Waals surface area contributed by atoms with Gasteiger partial charge in [-0.2, -0.15) is 0 Å². The van der Waals surface area contributed by atoms with Gasteiger partial charge in [0.1, 0.15) is 13.2 Å². The number of hydrogen-bond donors (Lipinski definition) is 0. The normalized spacial score (nSPS) is 12.1. The number of carbonyl (C=O) groups is 2. The average Bonchev–Trinajstić information content (AvgIpc) is 2.97. The van der Waals surface area contributed by atoms with Crippen molar-refractivity contribution in [3.8, 4) is 0 Å². The molecule has 0 N–H and O–H groups in total. The van der Waals surface area contributed by atoms with Crippen molar-refractivity contribution in [3.63, 3.8) is 0 Å². The van der Waals surface area contributed by atoms with Gasteiger partial charge in [0.25, 0.3) is 0 Å². The lowest BCUT2D eigenvalue weighted by molar-refractivity contribution is -0.143. The quantitative estimate of drug-likeness (QED) is 0.0463. The number of carbonyl (C=O) groups excluding carboxylic acids is 2. The lowest BCUT2D eigenvalue weighted by Gasteiger charge is -2.36. The van der Waals surface area contributed by atoms with E-state index in [1.807, 2.05) is 12.2 Å². The lowest BCUT2D eigenvalue weighted by atomic mass is 10.0. The van der Waals surface area contributed by atoms with E-state index in [1.54, 1.807) is 0 Å². The fraction of sp³-hybridized carbons (Fsp3) is 0.842. The molecule has 252 valence electrons. The summed E-state index contributed by atoms with van der Waals surface area (Å²) in [6.07, 6.45) is 32.9. The number of nitrogens with zero attached hydrogens (tertiary/aromatic N) is 1. The second-order valence-corrected chi connectivity index (χ2v) is 13.2. The first-order chi connectivity index (χ1) is 20.8. The number of unbranched alkanes of at least 4 members (excludes halogenated alkanes) is 16. The van der Waals surface area contributed by atoms with Crippen molar-refractivity contribution >= 4 is 11.9 Å². The molecule has 0 atom stereocenters. The fourth-order valence-corrected chi connectivity index (χ4v) is 5.16. The van der Waals surface area contributed by atoms with E-state index < -0.39 is 0 Å². The van der Waals surface area contributed by atoms with Gasteiger partial charge in [-0.1, -0.05) is 115 Å². The molecule has 0 aliphatic rings.